The summed E-state index contributed by atoms with van der Waals surface area (Å²) in [5.74, 6) is 0.227. The molecular formula is C27H34N5O10P. The molecule has 0 saturated carbocycles. The molecule has 1 saturated heterocycles. The number of nitriles is 1. The quantitative estimate of drug-likeness (QED) is 0.169. The normalized spacial score (nSPS) is 23.6. The molecule has 0 radical (unpaired) electrons. The number of anilines is 1. The van der Waals surface area contributed by atoms with E-state index in [2.05, 4.69) is 10.1 Å². The summed E-state index contributed by atoms with van der Waals surface area (Å²) in [5, 5.41) is 36.0. The Bertz CT molecular complexity index is 1530. The number of aliphatic hydroxyl groups excluding tert-OH is 2. The number of nitrogens with zero attached hydrogens (tertiary/aromatic N) is 4. The summed E-state index contributed by atoms with van der Waals surface area (Å²) < 4.78 is 46.7. The predicted molar refractivity (Wildman–Crippen MR) is 150 cm³/mol. The smallest absolute Gasteiger partial charge is 0.432 e. The van der Waals surface area contributed by atoms with Crippen molar-refractivity contribution in [2.75, 3.05) is 19.1 Å². The Morgan fingerprint density at radius 1 is 1.21 bits per heavy atom. The van der Waals surface area contributed by atoms with Crippen molar-refractivity contribution in [3.05, 3.63) is 54.0 Å². The lowest BCUT2D eigenvalue weighted by Crippen LogP contribution is -2.41. The van der Waals surface area contributed by atoms with Gasteiger partial charge in [0.2, 0.25) is 12.4 Å². The first kappa shape index (κ1) is 32.2. The van der Waals surface area contributed by atoms with Crippen LogP contribution in [0.25, 0.3) is 5.52 Å². The van der Waals surface area contributed by atoms with Gasteiger partial charge in [0.25, 0.3) is 0 Å². The molecule has 1 aliphatic heterocycles. The fourth-order valence-corrected chi connectivity index (χ4v) is 5.39. The van der Waals surface area contributed by atoms with Gasteiger partial charge >= 0.3 is 14.0 Å². The van der Waals surface area contributed by atoms with Gasteiger partial charge in [0.05, 0.1) is 18.4 Å². The Hall–Kier alpha value is -3.77. The summed E-state index contributed by atoms with van der Waals surface area (Å²) in [6.45, 7) is 7.76. The van der Waals surface area contributed by atoms with Crippen LogP contribution in [0.1, 0.15) is 45.9 Å². The average molecular weight is 620 g/mol. The second kappa shape index (κ2) is 12.5. The molecule has 1 aliphatic rings. The highest BCUT2D eigenvalue weighted by Crippen LogP contribution is 2.51. The fraction of sp³-hybridized carbons (Fsp3) is 0.481. The number of nitrogen functional groups attached to an aromatic ring is 1. The van der Waals surface area contributed by atoms with Gasteiger partial charge in [0, 0.05) is 0 Å². The Labute approximate surface area is 247 Å². The Morgan fingerprint density at radius 3 is 2.53 bits per heavy atom. The molecule has 4 rings (SSSR count). The summed E-state index contributed by atoms with van der Waals surface area (Å²) in [7, 11) is -4.57. The summed E-state index contributed by atoms with van der Waals surface area (Å²) >= 11 is 0. The molecule has 0 aliphatic carbocycles. The van der Waals surface area contributed by atoms with Crippen molar-refractivity contribution < 1.29 is 47.4 Å². The highest BCUT2D eigenvalue weighted by Gasteiger charge is 2.58. The Morgan fingerprint density at radius 2 is 1.91 bits per heavy atom. The van der Waals surface area contributed by atoms with Gasteiger partial charge < -0.3 is 34.7 Å². The van der Waals surface area contributed by atoms with Crippen molar-refractivity contribution in [3.63, 3.8) is 0 Å². The van der Waals surface area contributed by atoms with E-state index >= 15 is 0 Å². The maximum atomic E-state index is 13.7. The zero-order valence-corrected chi connectivity index (χ0v) is 25.1. The van der Waals surface area contributed by atoms with Crippen molar-refractivity contribution >= 4 is 25.3 Å². The minimum atomic E-state index is -4.57. The van der Waals surface area contributed by atoms with Crippen LogP contribution in [0, 0.1) is 11.3 Å². The van der Waals surface area contributed by atoms with E-state index in [1.807, 2.05) is 26.8 Å². The maximum Gasteiger partial charge on any atom is 0.533 e. The average Bonchev–Trinajstić information content (AvgIpc) is 3.47. The van der Waals surface area contributed by atoms with Crippen LogP contribution in [-0.2, 0) is 38.8 Å². The first-order valence-electron chi connectivity index (χ1n) is 13.3. The molecule has 43 heavy (non-hydrogen) atoms. The number of benzene rings is 1. The minimum Gasteiger partial charge on any atom is -0.432 e. The van der Waals surface area contributed by atoms with E-state index in [-0.39, 0.29) is 22.7 Å². The van der Waals surface area contributed by atoms with E-state index in [0.717, 1.165) is 11.9 Å². The van der Waals surface area contributed by atoms with E-state index in [1.165, 1.54) is 16.6 Å². The monoisotopic (exact) mass is 619 g/mol. The lowest BCUT2D eigenvalue weighted by molar-refractivity contribution is -0.0670. The molecule has 15 nitrogen and oxygen atoms in total. The number of aliphatic hydroxyl groups is 2. The molecular weight excluding hydrogens is 585 g/mol. The van der Waals surface area contributed by atoms with Gasteiger partial charge in [-0.15, -0.1) is 0 Å². The summed E-state index contributed by atoms with van der Waals surface area (Å²) in [4.78, 5) is 15.7. The summed E-state index contributed by atoms with van der Waals surface area (Å²) in [5.41, 5.74) is 5.01. The van der Waals surface area contributed by atoms with Gasteiger partial charge in [0.1, 0.15) is 42.0 Å². The predicted octanol–water partition coefficient (Wildman–Crippen LogP) is 3.19. The number of nitrogens with two attached hydrogens (primary N) is 1. The van der Waals surface area contributed by atoms with Crippen molar-refractivity contribution in [1.82, 2.24) is 14.6 Å². The molecule has 0 amide bonds. The molecule has 2 aromatic heterocycles. The molecule has 232 valence electrons. The highest BCUT2D eigenvalue weighted by molar-refractivity contribution is 7.48. The number of aromatic nitrogens is 3. The third kappa shape index (κ3) is 6.91. The van der Waals surface area contributed by atoms with Crippen molar-refractivity contribution in [1.29, 1.82) is 5.26 Å². The first-order chi connectivity index (χ1) is 20.2. The largest absolute Gasteiger partial charge is 0.533 e. The number of phosphoric acid groups is 1. The molecule has 3 heterocycles. The van der Waals surface area contributed by atoms with Crippen LogP contribution in [0.2, 0.25) is 0 Å². The van der Waals surface area contributed by atoms with E-state index in [4.69, 9.17) is 33.5 Å². The fourth-order valence-electron chi connectivity index (χ4n) is 4.32. The van der Waals surface area contributed by atoms with Crippen LogP contribution in [-0.4, -0.2) is 68.8 Å². The number of rotatable bonds is 10. The number of hydrogen-bond donors (Lipinski definition) is 3. The minimum absolute atomic E-state index is 0.0693. The summed E-state index contributed by atoms with van der Waals surface area (Å²) in [6.07, 6.45) is -5.23. The van der Waals surface area contributed by atoms with Gasteiger partial charge in [-0.1, -0.05) is 32.9 Å². The number of fused-ring (bicyclic) bond motifs is 1. The molecule has 3 aromatic rings. The van der Waals surface area contributed by atoms with Crippen LogP contribution < -0.4 is 10.3 Å². The topological polar surface area (TPSA) is 210 Å². The molecule has 16 heteroatoms. The van der Waals surface area contributed by atoms with E-state index in [9.17, 15) is 24.8 Å². The van der Waals surface area contributed by atoms with Gasteiger partial charge in [-0.2, -0.15) is 10.4 Å². The molecule has 5 atom stereocenters. The molecule has 0 bridgehead atoms. The van der Waals surface area contributed by atoms with Crippen LogP contribution in [0.15, 0.2) is 42.7 Å². The zero-order chi connectivity index (χ0) is 31.6. The van der Waals surface area contributed by atoms with Crippen LogP contribution >= 0.6 is 7.82 Å². The van der Waals surface area contributed by atoms with E-state index < -0.39 is 57.4 Å². The molecule has 1 unspecified atom stereocenters. The third-order valence-electron chi connectivity index (χ3n) is 6.54. The standard InChI is InChI=1S/C27H34N5O10P/c1-16(2)40-25(35)37-15-39-43(36,42-18-8-6-17(7-9-18)26(3,4)5)38-12-20-22(33)23(34)27(13-28,41-20)21-11-10-19-24(29)30-14-31-32(19)21/h6-11,14,16,20,22-23,33-34H,12,15H2,1-5H3,(H2,29,30,31)/t20-,22-,23-,27+,43?/m1/s1. The Balaban J connectivity index is 1.54. The lowest BCUT2D eigenvalue weighted by atomic mass is 9.87. The van der Waals surface area contributed by atoms with E-state index in [1.54, 1.807) is 38.1 Å². The number of phosphoric ester groups is 1. The van der Waals surface area contributed by atoms with Crippen molar-refractivity contribution in [2.45, 2.75) is 70.1 Å². The van der Waals surface area contributed by atoms with Crippen molar-refractivity contribution in [2.24, 2.45) is 0 Å². The highest BCUT2D eigenvalue weighted by atomic mass is 31.2. The number of ether oxygens (including phenoxy) is 3. The third-order valence-corrected chi connectivity index (χ3v) is 7.86. The van der Waals surface area contributed by atoms with Gasteiger partial charge in [-0.25, -0.2) is 23.4 Å². The van der Waals surface area contributed by atoms with Gasteiger partial charge in [-0.3, -0.25) is 4.52 Å². The second-order valence-electron chi connectivity index (χ2n) is 11.0. The van der Waals surface area contributed by atoms with Crippen LogP contribution in [0.3, 0.4) is 0 Å². The number of hydrogen-bond acceptors (Lipinski definition) is 14. The molecule has 1 fully saturated rings. The SMILES string of the molecule is CC(C)OC(=O)OCOP(=O)(OC[C@H]1O[C@@](C#N)(c2ccc3c(N)ncnn23)[C@H](O)[C@@H]1O)Oc1ccc(C(C)(C)C)cc1. The van der Waals surface area contributed by atoms with E-state index in [0.29, 0.717) is 5.52 Å². The number of carbonyl (C=O) groups excluding carboxylic acids is 1. The van der Waals surface area contributed by atoms with Crippen LogP contribution in [0.5, 0.6) is 5.75 Å². The summed E-state index contributed by atoms with van der Waals surface area (Å²) in [6, 6.07) is 11.6. The first-order valence-corrected chi connectivity index (χ1v) is 14.7. The Kier molecular flexibility index (Phi) is 9.31. The number of carbonyl (C=O) groups is 1. The molecule has 0 spiro atoms. The van der Waals surface area contributed by atoms with Gasteiger partial charge in [0.15, 0.2) is 5.82 Å². The molecule has 4 N–H and O–H groups in total. The molecule has 1 aromatic carbocycles. The second-order valence-corrected chi connectivity index (χ2v) is 12.6. The maximum absolute atomic E-state index is 13.7. The van der Waals surface area contributed by atoms with Crippen molar-refractivity contribution in [3.8, 4) is 11.8 Å². The zero-order valence-electron chi connectivity index (χ0n) is 24.2. The van der Waals surface area contributed by atoms with Gasteiger partial charge in [-0.05, 0) is 49.1 Å². The lowest BCUT2D eigenvalue weighted by Gasteiger charge is -2.24. The van der Waals surface area contributed by atoms with Crippen LogP contribution in [0.4, 0.5) is 10.6 Å².